The summed E-state index contributed by atoms with van der Waals surface area (Å²) in [6.07, 6.45) is 3.15. The molecule has 1 aliphatic rings. The molecule has 3 N–H and O–H groups in total. The van der Waals surface area contributed by atoms with Crippen molar-refractivity contribution in [3.8, 4) is 5.75 Å². The third kappa shape index (κ3) is 8.26. The van der Waals surface area contributed by atoms with Crippen LogP contribution >= 0.6 is 11.6 Å². The Bertz CT molecular complexity index is 1730. The highest BCUT2D eigenvalue weighted by atomic mass is 35.5. The molecule has 0 saturated carbocycles. The molecule has 2 aromatic carbocycles. The van der Waals surface area contributed by atoms with E-state index in [0.717, 1.165) is 4.31 Å². The van der Waals surface area contributed by atoms with Gasteiger partial charge in [0.15, 0.2) is 5.75 Å². The van der Waals surface area contributed by atoms with Crippen molar-refractivity contribution in [1.82, 2.24) is 4.98 Å². The normalized spacial score (nSPS) is 14.0. The van der Waals surface area contributed by atoms with E-state index in [9.17, 15) is 30.8 Å². The molecule has 0 radical (unpaired) electrons. The number of amidine groups is 1. The summed E-state index contributed by atoms with van der Waals surface area (Å²) >= 11 is 6.49. The Kier molecular flexibility index (Phi) is 11.1. The van der Waals surface area contributed by atoms with E-state index in [0.29, 0.717) is 11.1 Å². The molecule has 1 aliphatic heterocycles. The molecule has 1 aromatic heterocycles. The standard InChI is InChI=1S/C30H30ClF4N5O5S/c1-2-44-24(41)17-46(42,43)40(12-4-6-18-5-3-7-19(15-18)30(36)37)20-8-9-23(22(31)16-20)45-21-10-13-39(14-11-21)27-25(32)28(34)38-29(35)26(27)33/h3-9,15-16,21H,2,10-14,17H2,1H3,(H3,36,37)/b6-4+. The van der Waals surface area contributed by atoms with Gasteiger partial charge in [0.05, 0.1) is 23.9 Å². The highest BCUT2D eigenvalue weighted by Crippen LogP contribution is 2.34. The number of anilines is 2. The van der Waals surface area contributed by atoms with Crippen molar-refractivity contribution in [2.75, 3.05) is 41.2 Å². The lowest BCUT2D eigenvalue weighted by atomic mass is 10.1. The van der Waals surface area contributed by atoms with Gasteiger partial charge in [-0.05, 0) is 36.8 Å². The van der Waals surface area contributed by atoms with Crippen molar-refractivity contribution in [2.45, 2.75) is 25.9 Å². The van der Waals surface area contributed by atoms with Crippen LogP contribution in [-0.4, -0.2) is 63.3 Å². The smallest absolute Gasteiger partial charge is 0.323 e. The number of sulfonamides is 1. The Morgan fingerprint density at radius 3 is 2.41 bits per heavy atom. The highest BCUT2D eigenvalue weighted by Gasteiger charge is 2.30. The zero-order chi connectivity index (χ0) is 33.6. The lowest BCUT2D eigenvalue weighted by molar-refractivity contribution is -0.139. The molecule has 16 heteroatoms. The van der Waals surface area contributed by atoms with Crippen LogP contribution in [0.2, 0.25) is 5.02 Å². The van der Waals surface area contributed by atoms with Crippen LogP contribution in [0.3, 0.4) is 0 Å². The first-order valence-corrected chi connectivity index (χ1v) is 16.0. The zero-order valence-electron chi connectivity index (χ0n) is 24.5. The van der Waals surface area contributed by atoms with E-state index >= 15 is 0 Å². The number of esters is 1. The van der Waals surface area contributed by atoms with Crippen molar-refractivity contribution in [3.05, 3.63) is 88.2 Å². The number of nitrogens with one attached hydrogen (secondary N) is 1. The Morgan fingerprint density at radius 1 is 1.13 bits per heavy atom. The number of benzene rings is 2. The molecule has 4 rings (SSSR count). The number of hydrogen-bond donors (Lipinski definition) is 2. The summed E-state index contributed by atoms with van der Waals surface area (Å²) in [5.41, 5.74) is 5.99. The minimum atomic E-state index is -4.25. The predicted octanol–water partition coefficient (Wildman–Crippen LogP) is 5.04. The maximum atomic E-state index is 14.2. The molecule has 246 valence electrons. The molecule has 46 heavy (non-hydrogen) atoms. The second-order valence-electron chi connectivity index (χ2n) is 10.1. The molecule has 3 aromatic rings. The SMILES string of the molecule is CCOC(=O)CS(=O)(=O)N(C/C=C/c1cccc(C(=N)N)c1)c1ccc(OC2CCN(c3c(F)c(F)nc(F)c3F)CC2)c(Cl)c1. The second-order valence-corrected chi connectivity index (χ2v) is 12.4. The van der Waals surface area contributed by atoms with E-state index < -0.39 is 57.1 Å². The topological polar surface area (TPSA) is 139 Å². The maximum Gasteiger partial charge on any atom is 0.323 e. The third-order valence-corrected chi connectivity index (χ3v) is 8.88. The summed E-state index contributed by atoms with van der Waals surface area (Å²) in [5.74, 6) is -8.43. The number of aromatic nitrogens is 1. The summed E-state index contributed by atoms with van der Waals surface area (Å²) in [5, 5.41) is 7.65. The van der Waals surface area contributed by atoms with Gasteiger partial charge in [0.2, 0.25) is 21.7 Å². The van der Waals surface area contributed by atoms with Crippen LogP contribution in [0.15, 0.2) is 48.5 Å². The zero-order valence-corrected chi connectivity index (χ0v) is 26.1. The van der Waals surface area contributed by atoms with Gasteiger partial charge in [0, 0.05) is 31.5 Å². The molecule has 0 aliphatic carbocycles. The second kappa shape index (κ2) is 14.8. The van der Waals surface area contributed by atoms with Gasteiger partial charge in [-0.15, -0.1) is 0 Å². The van der Waals surface area contributed by atoms with Crippen molar-refractivity contribution in [1.29, 1.82) is 5.41 Å². The molecular formula is C30H30ClF4N5O5S. The largest absolute Gasteiger partial charge is 0.489 e. The molecule has 0 amide bonds. The number of halogens is 5. The minimum absolute atomic E-state index is 0.00223. The van der Waals surface area contributed by atoms with Crippen LogP contribution < -0.4 is 19.7 Å². The van der Waals surface area contributed by atoms with Gasteiger partial charge in [0.1, 0.15) is 23.4 Å². The molecule has 1 saturated heterocycles. The summed E-state index contributed by atoms with van der Waals surface area (Å²) in [6, 6.07) is 11.0. The molecule has 2 heterocycles. The van der Waals surface area contributed by atoms with Crippen molar-refractivity contribution in [2.24, 2.45) is 5.73 Å². The Hall–Kier alpha value is -4.37. The van der Waals surface area contributed by atoms with Crippen LogP contribution in [0.5, 0.6) is 5.75 Å². The van der Waals surface area contributed by atoms with Gasteiger partial charge in [-0.2, -0.15) is 22.5 Å². The van der Waals surface area contributed by atoms with Gasteiger partial charge in [-0.1, -0.05) is 42.0 Å². The Labute approximate surface area is 267 Å². The Balaban J connectivity index is 1.50. The average molecular weight is 684 g/mol. The van der Waals surface area contributed by atoms with Crippen LogP contribution in [-0.2, 0) is 19.6 Å². The van der Waals surface area contributed by atoms with Gasteiger partial charge in [-0.3, -0.25) is 14.5 Å². The minimum Gasteiger partial charge on any atom is -0.489 e. The van der Waals surface area contributed by atoms with Crippen molar-refractivity contribution < 1.29 is 40.2 Å². The number of ether oxygens (including phenoxy) is 2. The van der Waals surface area contributed by atoms with Crippen LogP contribution in [0.4, 0.5) is 28.9 Å². The van der Waals surface area contributed by atoms with E-state index in [1.54, 1.807) is 43.3 Å². The Morgan fingerprint density at radius 2 is 1.80 bits per heavy atom. The number of rotatable bonds is 12. The summed E-state index contributed by atoms with van der Waals surface area (Å²) in [6.45, 7) is 1.39. The number of hydrogen-bond acceptors (Lipinski definition) is 8. The fraction of sp³-hybridized carbons (Fsp3) is 0.300. The molecular weight excluding hydrogens is 654 g/mol. The highest BCUT2D eigenvalue weighted by molar-refractivity contribution is 7.93. The first kappa shape index (κ1) is 34.5. The average Bonchev–Trinajstić information content (AvgIpc) is 3.00. The van der Waals surface area contributed by atoms with Gasteiger partial charge in [0.25, 0.3) is 11.9 Å². The lowest BCUT2D eigenvalue weighted by Crippen LogP contribution is -2.39. The molecule has 0 atom stereocenters. The van der Waals surface area contributed by atoms with Crippen molar-refractivity contribution in [3.63, 3.8) is 0 Å². The molecule has 10 nitrogen and oxygen atoms in total. The number of nitrogens with zero attached hydrogens (tertiary/aromatic N) is 3. The first-order chi connectivity index (χ1) is 21.8. The summed E-state index contributed by atoms with van der Waals surface area (Å²) in [7, 11) is -4.25. The van der Waals surface area contributed by atoms with Gasteiger partial charge < -0.3 is 20.1 Å². The molecule has 0 spiro atoms. The number of pyridine rings is 1. The summed E-state index contributed by atoms with van der Waals surface area (Å²) in [4.78, 5) is 15.9. The van der Waals surface area contributed by atoms with Gasteiger partial charge in [-0.25, -0.2) is 8.42 Å². The number of piperidine rings is 1. The van der Waals surface area contributed by atoms with Crippen LogP contribution in [0.1, 0.15) is 30.9 Å². The van der Waals surface area contributed by atoms with E-state index in [2.05, 4.69) is 4.98 Å². The van der Waals surface area contributed by atoms with Gasteiger partial charge >= 0.3 is 5.97 Å². The first-order valence-electron chi connectivity index (χ1n) is 14.0. The lowest BCUT2D eigenvalue weighted by Gasteiger charge is -2.34. The maximum absolute atomic E-state index is 14.2. The van der Waals surface area contributed by atoms with E-state index in [-0.39, 0.29) is 61.4 Å². The fourth-order valence-electron chi connectivity index (χ4n) is 4.77. The van der Waals surface area contributed by atoms with E-state index in [4.69, 9.17) is 32.2 Å². The third-order valence-electron chi connectivity index (χ3n) is 6.95. The fourth-order valence-corrected chi connectivity index (χ4v) is 6.28. The number of carbonyl (C=O) groups is 1. The quantitative estimate of drug-likeness (QED) is 0.0891. The van der Waals surface area contributed by atoms with E-state index in [1.807, 2.05) is 0 Å². The molecule has 1 fully saturated rings. The van der Waals surface area contributed by atoms with Crippen LogP contribution in [0.25, 0.3) is 6.08 Å². The number of nitrogen functional groups attached to an aromatic ring is 1. The summed E-state index contributed by atoms with van der Waals surface area (Å²) < 4.78 is 94.0. The van der Waals surface area contributed by atoms with Crippen molar-refractivity contribution >= 4 is 50.9 Å². The molecule has 0 unspecified atom stereocenters. The number of nitrogens with two attached hydrogens (primary N) is 1. The predicted molar refractivity (Wildman–Crippen MR) is 166 cm³/mol. The number of carbonyl (C=O) groups excluding carboxylic acids is 1. The van der Waals surface area contributed by atoms with E-state index in [1.165, 1.54) is 23.1 Å². The monoisotopic (exact) mass is 683 g/mol. The molecule has 0 bridgehead atoms. The van der Waals surface area contributed by atoms with Crippen LogP contribution in [0, 0.1) is 28.9 Å².